The van der Waals surface area contributed by atoms with Crippen molar-refractivity contribution in [1.29, 1.82) is 0 Å². The molecule has 0 atom stereocenters. The van der Waals surface area contributed by atoms with E-state index in [1.807, 2.05) is 19.1 Å². The van der Waals surface area contributed by atoms with Crippen molar-refractivity contribution < 1.29 is 4.79 Å². The number of carbonyl (C=O) groups excluding carboxylic acids is 1. The summed E-state index contributed by atoms with van der Waals surface area (Å²) in [5.74, 6) is -0.207. The predicted molar refractivity (Wildman–Crippen MR) is 51.5 cm³/mol. The van der Waals surface area contributed by atoms with Gasteiger partial charge in [0.15, 0.2) is 0 Å². The molecular formula is C11H9NO. The van der Waals surface area contributed by atoms with Crippen molar-refractivity contribution in [2.24, 2.45) is 4.99 Å². The van der Waals surface area contributed by atoms with Gasteiger partial charge in [0.25, 0.3) is 5.91 Å². The first-order valence-corrected chi connectivity index (χ1v) is 4.07. The van der Waals surface area contributed by atoms with Gasteiger partial charge in [0.2, 0.25) is 0 Å². The Morgan fingerprint density at radius 3 is 2.85 bits per heavy atom. The van der Waals surface area contributed by atoms with Crippen LogP contribution in [0.25, 0.3) is 12.7 Å². The van der Waals surface area contributed by atoms with Crippen LogP contribution < -0.4 is 10.6 Å². The van der Waals surface area contributed by atoms with Crippen molar-refractivity contribution in [1.82, 2.24) is 0 Å². The second-order valence-electron chi connectivity index (χ2n) is 3.15. The first kappa shape index (κ1) is 7.92. The van der Waals surface area contributed by atoms with Crippen molar-refractivity contribution in [3.8, 4) is 0 Å². The van der Waals surface area contributed by atoms with Crippen molar-refractivity contribution in [3.63, 3.8) is 0 Å². The fraction of sp³-hybridized carbons (Fsp3) is 0.0909. The van der Waals surface area contributed by atoms with Gasteiger partial charge in [0.1, 0.15) is 0 Å². The number of rotatable bonds is 0. The Kier molecular flexibility index (Phi) is 1.62. The standard InChI is InChI=1S/C11H9NO/c1-7-5-8(2)11-9(6-7)3-4-10(13)12-11/h3-6H,2H2,1H3. The number of hydrogen-bond donors (Lipinski definition) is 0. The summed E-state index contributed by atoms with van der Waals surface area (Å²) >= 11 is 0. The molecule has 1 heterocycles. The molecule has 0 saturated carbocycles. The molecule has 0 aromatic heterocycles. The lowest BCUT2D eigenvalue weighted by molar-refractivity contribution is -0.113. The van der Waals surface area contributed by atoms with E-state index in [-0.39, 0.29) is 5.91 Å². The van der Waals surface area contributed by atoms with Gasteiger partial charge in [-0.25, -0.2) is 4.99 Å². The highest BCUT2D eigenvalue weighted by atomic mass is 16.1. The lowest BCUT2D eigenvalue weighted by atomic mass is 10.1. The third-order valence-electron chi connectivity index (χ3n) is 1.99. The normalized spacial score (nSPS) is 13.8. The minimum Gasteiger partial charge on any atom is -0.267 e. The van der Waals surface area contributed by atoms with Crippen molar-refractivity contribution in [2.45, 2.75) is 6.92 Å². The van der Waals surface area contributed by atoms with E-state index in [0.29, 0.717) is 5.36 Å². The van der Waals surface area contributed by atoms with E-state index in [2.05, 4.69) is 11.6 Å². The average molecular weight is 171 g/mol. The minimum atomic E-state index is -0.207. The van der Waals surface area contributed by atoms with Crippen LogP contribution in [0.4, 0.5) is 0 Å². The first-order valence-electron chi connectivity index (χ1n) is 4.07. The molecule has 0 fully saturated rings. The number of fused-ring (bicyclic) bond motifs is 1. The molecule has 0 unspecified atom stereocenters. The highest BCUT2D eigenvalue weighted by Crippen LogP contribution is 2.01. The van der Waals surface area contributed by atoms with Crippen molar-refractivity contribution in [3.05, 3.63) is 39.9 Å². The molecule has 0 saturated heterocycles. The highest BCUT2D eigenvalue weighted by Gasteiger charge is 2.03. The molecule has 0 N–H and O–H groups in total. The van der Waals surface area contributed by atoms with Gasteiger partial charge in [-0.15, -0.1) is 0 Å². The van der Waals surface area contributed by atoms with Crippen LogP contribution >= 0.6 is 0 Å². The molecular weight excluding hydrogens is 162 g/mol. The summed E-state index contributed by atoms with van der Waals surface area (Å²) in [6, 6.07) is 3.92. The van der Waals surface area contributed by atoms with Gasteiger partial charge in [-0.05, 0) is 29.8 Å². The molecule has 1 aliphatic heterocycles. The molecule has 1 aromatic carbocycles. The minimum absolute atomic E-state index is 0.207. The van der Waals surface area contributed by atoms with Crippen LogP contribution in [-0.2, 0) is 4.79 Å². The van der Waals surface area contributed by atoms with E-state index < -0.39 is 0 Å². The van der Waals surface area contributed by atoms with Crippen LogP contribution in [-0.4, -0.2) is 5.91 Å². The highest BCUT2D eigenvalue weighted by molar-refractivity contribution is 5.94. The van der Waals surface area contributed by atoms with E-state index in [4.69, 9.17) is 0 Å². The Hall–Kier alpha value is -1.70. The quantitative estimate of drug-likeness (QED) is 0.561. The van der Waals surface area contributed by atoms with E-state index in [0.717, 1.165) is 16.3 Å². The molecule has 1 aromatic rings. The third kappa shape index (κ3) is 1.31. The molecule has 2 rings (SSSR count). The number of benzene rings is 1. The van der Waals surface area contributed by atoms with Crippen LogP contribution in [0, 0.1) is 6.92 Å². The van der Waals surface area contributed by atoms with E-state index in [1.54, 1.807) is 6.08 Å². The Morgan fingerprint density at radius 2 is 2.08 bits per heavy atom. The maximum Gasteiger partial charge on any atom is 0.270 e. The molecule has 0 spiro atoms. The molecule has 64 valence electrons. The third-order valence-corrected chi connectivity index (χ3v) is 1.99. The zero-order valence-electron chi connectivity index (χ0n) is 7.37. The van der Waals surface area contributed by atoms with Crippen molar-refractivity contribution in [2.75, 3.05) is 0 Å². The zero-order valence-corrected chi connectivity index (χ0v) is 7.37. The topological polar surface area (TPSA) is 29.4 Å². The van der Waals surface area contributed by atoms with Crippen LogP contribution in [0.1, 0.15) is 11.1 Å². The van der Waals surface area contributed by atoms with Crippen LogP contribution in [0.3, 0.4) is 0 Å². The Labute approximate surface area is 75.9 Å². The molecule has 0 aliphatic carbocycles. The fourth-order valence-electron chi connectivity index (χ4n) is 1.46. The Balaban J connectivity index is 2.89. The molecule has 2 heteroatoms. The van der Waals surface area contributed by atoms with Gasteiger partial charge in [-0.3, -0.25) is 4.79 Å². The summed E-state index contributed by atoms with van der Waals surface area (Å²) in [4.78, 5) is 14.9. The van der Waals surface area contributed by atoms with Gasteiger partial charge < -0.3 is 0 Å². The first-order chi connectivity index (χ1) is 6.16. The fourth-order valence-corrected chi connectivity index (χ4v) is 1.46. The Bertz CT molecular complexity index is 512. The summed E-state index contributed by atoms with van der Waals surface area (Å²) in [6.45, 7) is 5.85. The number of nitrogens with zero attached hydrogens (tertiary/aromatic N) is 1. The maximum atomic E-state index is 11.0. The van der Waals surface area contributed by atoms with E-state index in [9.17, 15) is 4.79 Å². The summed E-state index contributed by atoms with van der Waals surface area (Å²) in [5.41, 5.74) is 2.11. The Morgan fingerprint density at radius 1 is 1.31 bits per heavy atom. The maximum absolute atomic E-state index is 11.0. The second kappa shape index (κ2) is 2.66. The SMILES string of the molecule is C=c1cc(C)cc2c1=NC(=O)C=C2. The lowest BCUT2D eigenvalue weighted by Gasteiger charge is -2.02. The van der Waals surface area contributed by atoms with Gasteiger partial charge in [0, 0.05) is 11.6 Å². The number of amides is 1. The van der Waals surface area contributed by atoms with Gasteiger partial charge in [-0.2, -0.15) is 0 Å². The number of hydrogen-bond acceptors (Lipinski definition) is 1. The monoisotopic (exact) mass is 171 g/mol. The second-order valence-corrected chi connectivity index (χ2v) is 3.15. The summed E-state index contributed by atoms with van der Waals surface area (Å²) in [6.07, 6.45) is 3.26. The summed E-state index contributed by atoms with van der Waals surface area (Å²) in [7, 11) is 0. The number of aryl methyl sites for hydroxylation is 1. The molecule has 1 amide bonds. The van der Waals surface area contributed by atoms with Gasteiger partial charge in [0.05, 0.1) is 5.36 Å². The van der Waals surface area contributed by atoms with Crippen LogP contribution in [0.2, 0.25) is 0 Å². The molecule has 0 bridgehead atoms. The smallest absolute Gasteiger partial charge is 0.267 e. The molecule has 2 nitrogen and oxygen atoms in total. The average Bonchev–Trinajstić information content (AvgIpc) is 2.06. The van der Waals surface area contributed by atoms with Crippen LogP contribution in [0.5, 0.6) is 0 Å². The molecule has 13 heavy (non-hydrogen) atoms. The lowest BCUT2D eigenvalue weighted by Crippen LogP contribution is -2.29. The van der Waals surface area contributed by atoms with E-state index in [1.165, 1.54) is 6.08 Å². The zero-order chi connectivity index (χ0) is 9.42. The van der Waals surface area contributed by atoms with E-state index >= 15 is 0 Å². The van der Waals surface area contributed by atoms with Gasteiger partial charge >= 0.3 is 0 Å². The summed E-state index contributed by atoms with van der Waals surface area (Å²) < 4.78 is 0. The largest absolute Gasteiger partial charge is 0.270 e. The number of carbonyl (C=O) groups is 1. The van der Waals surface area contributed by atoms with Crippen molar-refractivity contribution >= 4 is 18.6 Å². The summed E-state index contributed by atoms with van der Waals surface area (Å²) in [5, 5.41) is 1.52. The van der Waals surface area contributed by atoms with Crippen LogP contribution in [0.15, 0.2) is 23.2 Å². The molecule has 0 radical (unpaired) electrons. The predicted octanol–water partition coefficient (Wildman–Crippen LogP) is 0.578. The molecule has 1 aliphatic rings. The van der Waals surface area contributed by atoms with Gasteiger partial charge in [-0.1, -0.05) is 12.6 Å².